The van der Waals surface area contributed by atoms with Crippen LogP contribution in [0.2, 0.25) is 0 Å². The maximum Gasteiger partial charge on any atom is 0.253 e. The summed E-state index contributed by atoms with van der Waals surface area (Å²) in [6.07, 6.45) is 4.61. The van der Waals surface area contributed by atoms with Crippen LogP contribution in [0.25, 0.3) is 0 Å². The number of nitrogens with one attached hydrogen (secondary N) is 1. The van der Waals surface area contributed by atoms with E-state index in [-0.39, 0.29) is 5.91 Å². The Bertz CT molecular complexity index is 524. The maximum atomic E-state index is 12.7. The molecule has 0 saturated carbocycles. The minimum Gasteiger partial charge on any atom is -0.384 e. The average Bonchev–Trinajstić information content (AvgIpc) is 2.80. The van der Waals surface area contributed by atoms with Crippen LogP contribution in [-0.2, 0) is 6.42 Å². The fourth-order valence-corrected chi connectivity index (χ4v) is 3.60. The Kier molecular flexibility index (Phi) is 4.18. The summed E-state index contributed by atoms with van der Waals surface area (Å²) in [5, 5.41) is 3.36. The van der Waals surface area contributed by atoms with Crippen molar-refractivity contribution >= 4 is 11.6 Å². The van der Waals surface area contributed by atoms with Gasteiger partial charge in [-0.25, -0.2) is 0 Å². The van der Waals surface area contributed by atoms with Gasteiger partial charge in [-0.2, -0.15) is 0 Å². The number of fused-ring (bicyclic) bond motifs is 1. The second kappa shape index (κ2) is 6.08. The van der Waals surface area contributed by atoms with Crippen molar-refractivity contribution in [1.29, 1.82) is 0 Å². The largest absolute Gasteiger partial charge is 0.384 e. The van der Waals surface area contributed by atoms with Crippen molar-refractivity contribution < 1.29 is 4.79 Å². The molecular formula is C18H26N2O. The molecule has 1 saturated heterocycles. The van der Waals surface area contributed by atoms with Gasteiger partial charge in [-0.15, -0.1) is 0 Å². The van der Waals surface area contributed by atoms with Crippen LogP contribution in [-0.4, -0.2) is 30.4 Å². The van der Waals surface area contributed by atoms with E-state index >= 15 is 0 Å². The summed E-state index contributed by atoms with van der Waals surface area (Å²) in [6, 6.07) is 6.14. The molecule has 3 nitrogen and oxygen atoms in total. The minimum absolute atomic E-state index is 0.205. The molecule has 0 bridgehead atoms. The van der Waals surface area contributed by atoms with Gasteiger partial charge in [0.25, 0.3) is 5.91 Å². The molecule has 1 N–H and O–H groups in total. The van der Waals surface area contributed by atoms with Gasteiger partial charge in [0.1, 0.15) is 0 Å². The molecule has 2 aliphatic heterocycles. The highest BCUT2D eigenvalue weighted by molar-refractivity contribution is 5.95. The fourth-order valence-electron chi connectivity index (χ4n) is 3.60. The zero-order valence-corrected chi connectivity index (χ0v) is 13.2. The Morgan fingerprint density at radius 3 is 2.95 bits per heavy atom. The van der Waals surface area contributed by atoms with E-state index in [0.717, 1.165) is 62.0 Å². The summed E-state index contributed by atoms with van der Waals surface area (Å²) < 4.78 is 0. The molecule has 0 spiro atoms. The number of amides is 1. The van der Waals surface area contributed by atoms with Crippen LogP contribution < -0.4 is 5.32 Å². The molecule has 21 heavy (non-hydrogen) atoms. The quantitative estimate of drug-likeness (QED) is 0.901. The lowest BCUT2D eigenvalue weighted by Gasteiger charge is -2.22. The third-order valence-electron chi connectivity index (χ3n) is 5.07. The smallest absolute Gasteiger partial charge is 0.253 e. The normalized spacial score (nSPS) is 21.9. The van der Waals surface area contributed by atoms with Crippen molar-refractivity contribution in [1.82, 2.24) is 4.90 Å². The van der Waals surface area contributed by atoms with E-state index in [9.17, 15) is 4.79 Å². The van der Waals surface area contributed by atoms with Crippen LogP contribution in [0.5, 0.6) is 0 Å². The van der Waals surface area contributed by atoms with Crippen LogP contribution in [0.1, 0.15) is 49.0 Å². The second-order valence-corrected chi connectivity index (χ2v) is 6.78. The molecule has 1 aromatic rings. The summed E-state index contributed by atoms with van der Waals surface area (Å²) >= 11 is 0. The van der Waals surface area contributed by atoms with Crippen LogP contribution in [0.15, 0.2) is 18.2 Å². The second-order valence-electron chi connectivity index (χ2n) is 6.78. The number of carbonyl (C=O) groups excluding carboxylic acids is 1. The first-order chi connectivity index (χ1) is 10.1. The van der Waals surface area contributed by atoms with E-state index in [2.05, 4.69) is 30.1 Å². The number of carbonyl (C=O) groups is 1. The first-order valence-electron chi connectivity index (χ1n) is 8.31. The van der Waals surface area contributed by atoms with E-state index in [4.69, 9.17) is 0 Å². The minimum atomic E-state index is 0.205. The van der Waals surface area contributed by atoms with E-state index in [0.29, 0.717) is 0 Å². The predicted octanol–water partition coefficient (Wildman–Crippen LogP) is 3.55. The van der Waals surface area contributed by atoms with Crippen molar-refractivity contribution in [3.63, 3.8) is 0 Å². The Morgan fingerprint density at radius 1 is 1.29 bits per heavy atom. The van der Waals surface area contributed by atoms with Crippen molar-refractivity contribution in [2.24, 2.45) is 11.8 Å². The molecule has 1 atom stereocenters. The lowest BCUT2D eigenvalue weighted by molar-refractivity contribution is 0.0759. The van der Waals surface area contributed by atoms with Crippen LogP contribution in [0.4, 0.5) is 5.69 Å². The standard InChI is InChI=1S/C18H26N2O/c1-13(2)14-4-3-10-20(11-8-14)18(21)16-6-5-15-7-9-19-17(15)12-16/h5-6,12-14,19H,3-4,7-11H2,1-2H3. The number of likely N-dealkylation sites (tertiary alicyclic amines) is 1. The summed E-state index contributed by atoms with van der Waals surface area (Å²) in [7, 11) is 0. The number of hydrogen-bond acceptors (Lipinski definition) is 2. The molecule has 114 valence electrons. The maximum absolute atomic E-state index is 12.7. The van der Waals surface area contributed by atoms with Crippen molar-refractivity contribution in [2.75, 3.05) is 25.0 Å². The molecule has 0 aromatic heterocycles. The average molecular weight is 286 g/mol. The Hall–Kier alpha value is -1.51. The highest BCUT2D eigenvalue weighted by Gasteiger charge is 2.24. The predicted molar refractivity (Wildman–Crippen MR) is 86.7 cm³/mol. The zero-order valence-electron chi connectivity index (χ0n) is 13.2. The molecule has 1 aromatic carbocycles. The molecule has 1 amide bonds. The zero-order chi connectivity index (χ0) is 14.8. The third-order valence-corrected chi connectivity index (χ3v) is 5.07. The summed E-state index contributed by atoms with van der Waals surface area (Å²) in [6.45, 7) is 7.41. The molecule has 3 heteroatoms. The molecular weight excluding hydrogens is 260 g/mol. The summed E-state index contributed by atoms with van der Waals surface area (Å²) in [5.74, 6) is 1.70. The van der Waals surface area contributed by atoms with Crippen LogP contribution in [0, 0.1) is 11.8 Å². The molecule has 2 aliphatic rings. The van der Waals surface area contributed by atoms with Gasteiger partial charge in [-0.05, 0) is 55.2 Å². The van der Waals surface area contributed by atoms with Crippen molar-refractivity contribution in [2.45, 2.75) is 39.5 Å². The van der Waals surface area contributed by atoms with E-state index in [1.807, 2.05) is 12.1 Å². The monoisotopic (exact) mass is 286 g/mol. The van der Waals surface area contributed by atoms with Gasteiger partial charge in [0.15, 0.2) is 0 Å². The number of benzene rings is 1. The fraction of sp³-hybridized carbons (Fsp3) is 0.611. The van der Waals surface area contributed by atoms with Gasteiger partial charge in [-0.3, -0.25) is 4.79 Å². The number of hydrogen-bond donors (Lipinski definition) is 1. The lowest BCUT2D eigenvalue weighted by atomic mass is 9.89. The molecule has 2 heterocycles. The highest BCUT2D eigenvalue weighted by atomic mass is 16.2. The SMILES string of the molecule is CC(C)C1CCCN(C(=O)c2ccc3c(c2)NCC3)CC1. The lowest BCUT2D eigenvalue weighted by Crippen LogP contribution is -2.32. The van der Waals surface area contributed by atoms with Gasteiger partial charge in [0.2, 0.25) is 0 Å². The van der Waals surface area contributed by atoms with E-state index in [1.54, 1.807) is 0 Å². The number of anilines is 1. The van der Waals surface area contributed by atoms with Gasteiger partial charge in [-0.1, -0.05) is 19.9 Å². The summed E-state index contributed by atoms with van der Waals surface area (Å²) in [5.41, 5.74) is 3.32. The molecule has 0 radical (unpaired) electrons. The van der Waals surface area contributed by atoms with E-state index < -0.39 is 0 Å². The van der Waals surface area contributed by atoms with Gasteiger partial charge in [0, 0.05) is 30.9 Å². The van der Waals surface area contributed by atoms with Gasteiger partial charge < -0.3 is 10.2 Å². The Labute approximate surface area is 127 Å². The molecule has 0 aliphatic carbocycles. The summed E-state index contributed by atoms with van der Waals surface area (Å²) in [4.78, 5) is 14.8. The first-order valence-corrected chi connectivity index (χ1v) is 8.31. The van der Waals surface area contributed by atoms with Crippen molar-refractivity contribution in [3.8, 4) is 0 Å². The number of nitrogens with zero attached hydrogens (tertiary/aromatic N) is 1. The molecule has 1 fully saturated rings. The van der Waals surface area contributed by atoms with E-state index in [1.165, 1.54) is 12.0 Å². The van der Waals surface area contributed by atoms with Gasteiger partial charge >= 0.3 is 0 Å². The van der Waals surface area contributed by atoms with Crippen molar-refractivity contribution in [3.05, 3.63) is 29.3 Å². The van der Waals surface area contributed by atoms with Crippen LogP contribution >= 0.6 is 0 Å². The van der Waals surface area contributed by atoms with Gasteiger partial charge in [0.05, 0.1) is 0 Å². The highest BCUT2D eigenvalue weighted by Crippen LogP contribution is 2.27. The Balaban J connectivity index is 1.70. The molecule has 1 unspecified atom stereocenters. The topological polar surface area (TPSA) is 32.3 Å². The molecule has 3 rings (SSSR count). The third kappa shape index (κ3) is 3.07. The first kappa shape index (κ1) is 14.4. The number of rotatable bonds is 2. The Morgan fingerprint density at radius 2 is 2.14 bits per heavy atom. The van der Waals surface area contributed by atoms with Crippen LogP contribution in [0.3, 0.4) is 0 Å².